The maximum Gasteiger partial charge on any atom is 0.255 e. The molecule has 1 aromatic carbocycles. The first-order chi connectivity index (χ1) is 10.1. The Labute approximate surface area is 145 Å². The van der Waals surface area contributed by atoms with E-state index in [1.165, 1.54) is 0 Å². The van der Waals surface area contributed by atoms with Crippen molar-refractivity contribution in [3.8, 4) is 0 Å². The van der Waals surface area contributed by atoms with Gasteiger partial charge in [0.25, 0.3) is 5.91 Å². The predicted octanol–water partition coefficient (Wildman–Crippen LogP) is 2.94. The van der Waals surface area contributed by atoms with E-state index in [4.69, 9.17) is 0 Å². The summed E-state index contributed by atoms with van der Waals surface area (Å²) < 4.78 is 1.79. The van der Waals surface area contributed by atoms with E-state index in [1.807, 2.05) is 18.2 Å². The Bertz CT molecular complexity index is 589. The lowest BCUT2D eigenvalue weighted by Crippen LogP contribution is -2.46. The number of halogens is 2. The minimum Gasteiger partial charge on any atom is -0.352 e. The number of carbonyl (C=O) groups is 2. The number of nitrogens with one attached hydrogen (secondary N) is 1. The Morgan fingerprint density at radius 1 is 1.29 bits per heavy atom. The van der Waals surface area contributed by atoms with Crippen molar-refractivity contribution in [2.75, 3.05) is 6.54 Å². The normalized spacial score (nSPS) is 21.4. The smallest absolute Gasteiger partial charge is 0.255 e. The van der Waals surface area contributed by atoms with Crippen molar-refractivity contribution in [3.63, 3.8) is 0 Å². The van der Waals surface area contributed by atoms with E-state index in [2.05, 4.69) is 43.8 Å². The first kappa shape index (κ1) is 15.3. The highest BCUT2D eigenvalue weighted by atomic mass is 127. The molecule has 3 rings (SSSR count). The number of carbonyl (C=O) groups excluding carboxylic acids is 2. The zero-order valence-corrected chi connectivity index (χ0v) is 15.2. The molecule has 2 aliphatic rings. The lowest BCUT2D eigenvalue weighted by molar-refractivity contribution is -0.125. The molecule has 1 saturated heterocycles. The summed E-state index contributed by atoms with van der Waals surface area (Å²) in [7, 11) is 0. The van der Waals surface area contributed by atoms with E-state index in [9.17, 15) is 9.59 Å². The maximum atomic E-state index is 12.7. The molecule has 0 bridgehead atoms. The molecule has 21 heavy (non-hydrogen) atoms. The fourth-order valence-electron chi connectivity index (χ4n) is 2.62. The zero-order chi connectivity index (χ0) is 15.0. The predicted molar refractivity (Wildman–Crippen MR) is 92.1 cm³/mol. The Kier molecular flexibility index (Phi) is 4.54. The molecule has 1 aliphatic heterocycles. The number of hydrogen-bond acceptors (Lipinski definition) is 2. The lowest BCUT2D eigenvalue weighted by atomic mass is 10.1. The molecular weight excluding hydrogens is 447 g/mol. The van der Waals surface area contributed by atoms with Gasteiger partial charge in [0, 0.05) is 20.6 Å². The summed E-state index contributed by atoms with van der Waals surface area (Å²) in [6, 6.07) is 5.70. The summed E-state index contributed by atoms with van der Waals surface area (Å²) in [6.07, 6.45) is 3.77. The van der Waals surface area contributed by atoms with E-state index in [0.717, 1.165) is 33.7 Å². The van der Waals surface area contributed by atoms with Crippen molar-refractivity contribution in [2.45, 2.75) is 37.8 Å². The summed E-state index contributed by atoms with van der Waals surface area (Å²) >= 11 is 5.62. The molecule has 0 spiro atoms. The Hall–Kier alpha value is -0.630. The number of hydrogen-bond donors (Lipinski definition) is 1. The van der Waals surface area contributed by atoms with Crippen molar-refractivity contribution in [1.82, 2.24) is 10.2 Å². The third kappa shape index (κ3) is 3.41. The summed E-state index contributed by atoms with van der Waals surface area (Å²) in [5.74, 6) is -0.0565. The number of nitrogens with zero attached hydrogens (tertiary/aromatic N) is 1. The monoisotopic (exact) mass is 462 g/mol. The van der Waals surface area contributed by atoms with Crippen LogP contribution in [0.1, 0.15) is 36.0 Å². The Morgan fingerprint density at radius 3 is 2.76 bits per heavy atom. The molecule has 1 aliphatic carbocycles. The van der Waals surface area contributed by atoms with Gasteiger partial charge in [0.05, 0.1) is 5.56 Å². The highest BCUT2D eigenvalue weighted by molar-refractivity contribution is 14.1. The van der Waals surface area contributed by atoms with E-state index < -0.39 is 0 Å². The standard InChI is InChI=1S/C15H16BrIN2O2/c16-12-6-3-9(17)8-11(12)15(21)19-7-1-2-13(19)14(20)18-10-4-5-10/h3,6,8,10,13H,1-2,4-5,7H2,(H,18,20). The van der Waals surface area contributed by atoms with Gasteiger partial charge in [0.15, 0.2) is 0 Å². The Morgan fingerprint density at radius 2 is 2.05 bits per heavy atom. The van der Waals surface area contributed by atoms with Crippen LogP contribution in [-0.4, -0.2) is 35.3 Å². The molecule has 2 fully saturated rings. The van der Waals surface area contributed by atoms with Crippen LogP contribution < -0.4 is 5.32 Å². The van der Waals surface area contributed by atoms with Gasteiger partial charge in [-0.1, -0.05) is 0 Å². The SMILES string of the molecule is O=C(NC1CC1)C1CCCN1C(=O)c1cc(I)ccc1Br. The summed E-state index contributed by atoms with van der Waals surface area (Å²) in [5, 5.41) is 3.01. The molecule has 1 saturated carbocycles. The van der Waals surface area contributed by atoms with Gasteiger partial charge in [-0.3, -0.25) is 9.59 Å². The molecule has 1 aromatic rings. The number of amides is 2. The highest BCUT2D eigenvalue weighted by Gasteiger charge is 2.37. The fourth-order valence-corrected chi connectivity index (χ4v) is 3.53. The topological polar surface area (TPSA) is 49.4 Å². The zero-order valence-electron chi connectivity index (χ0n) is 11.4. The fraction of sp³-hybridized carbons (Fsp3) is 0.467. The molecule has 4 nitrogen and oxygen atoms in total. The van der Waals surface area contributed by atoms with Crippen LogP contribution in [0.25, 0.3) is 0 Å². The molecule has 0 radical (unpaired) electrons. The van der Waals surface area contributed by atoms with E-state index in [-0.39, 0.29) is 17.9 Å². The minimum absolute atomic E-state index is 0.00472. The number of benzene rings is 1. The van der Waals surface area contributed by atoms with Gasteiger partial charge in [-0.15, -0.1) is 0 Å². The van der Waals surface area contributed by atoms with Crippen molar-refractivity contribution < 1.29 is 9.59 Å². The van der Waals surface area contributed by atoms with Crippen LogP contribution in [0.3, 0.4) is 0 Å². The molecule has 1 heterocycles. The third-order valence-electron chi connectivity index (χ3n) is 3.90. The van der Waals surface area contributed by atoms with Gasteiger partial charge in [-0.05, 0) is 82.4 Å². The van der Waals surface area contributed by atoms with Crippen LogP contribution in [0.5, 0.6) is 0 Å². The molecule has 1 unspecified atom stereocenters. The van der Waals surface area contributed by atoms with Crippen LogP contribution in [0.15, 0.2) is 22.7 Å². The van der Waals surface area contributed by atoms with Crippen molar-refractivity contribution in [3.05, 3.63) is 31.8 Å². The largest absolute Gasteiger partial charge is 0.352 e. The van der Waals surface area contributed by atoms with Gasteiger partial charge >= 0.3 is 0 Å². The second-order valence-electron chi connectivity index (χ2n) is 5.56. The second kappa shape index (κ2) is 6.24. The molecular formula is C15H16BrIN2O2. The molecule has 112 valence electrons. The van der Waals surface area contributed by atoms with Crippen LogP contribution in [0.4, 0.5) is 0 Å². The first-order valence-corrected chi connectivity index (χ1v) is 9.00. The molecule has 0 aromatic heterocycles. The summed E-state index contributed by atoms with van der Waals surface area (Å²) in [6.45, 7) is 0.652. The maximum absolute atomic E-state index is 12.7. The van der Waals surface area contributed by atoms with Gasteiger partial charge in [0.2, 0.25) is 5.91 Å². The lowest BCUT2D eigenvalue weighted by Gasteiger charge is -2.24. The van der Waals surface area contributed by atoms with Gasteiger partial charge in [-0.25, -0.2) is 0 Å². The van der Waals surface area contributed by atoms with Crippen molar-refractivity contribution in [1.29, 1.82) is 0 Å². The first-order valence-electron chi connectivity index (χ1n) is 7.12. The Balaban J connectivity index is 1.78. The molecule has 1 N–H and O–H groups in total. The molecule has 1 atom stereocenters. The average Bonchev–Trinajstić information content (AvgIpc) is 3.13. The van der Waals surface area contributed by atoms with Gasteiger partial charge in [0.1, 0.15) is 6.04 Å². The van der Waals surface area contributed by atoms with Crippen LogP contribution in [-0.2, 0) is 4.79 Å². The number of likely N-dealkylation sites (tertiary alicyclic amines) is 1. The van der Waals surface area contributed by atoms with Crippen LogP contribution in [0, 0.1) is 3.57 Å². The summed E-state index contributed by atoms with van der Waals surface area (Å²) in [5.41, 5.74) is 0.632. The van der Waals surface area contributed by atoms with E-state index in [1.54, 1.807) is 4.90 Å². The van der Waals surface area contributed by atoms with Crippen LogP contribution in [0.2, 0.25) is 0 Å². The average molecular weight is 463 g/mol. The second-order valence-corrected chi connectivity index (χ2v) is 7.66. The van der Waals surface area contributed by atoms with Gasteiger partial charge in [-0.2, -0.15) is 0 Å². The molecule has 6 heteroatoms. The third-order valence-corrected chi connectivity index (χ3v) is 5.26. The van der Waals surface area contributed by atoms with Crippen LogP contribution >= 0.6 is 38.5 Å². The van der Waals surface area contributed by atoms with Gasteiger partial charge < -0.3 is 10.2 Å². The van der Waals surface area contributed by atoms with Crippen molar-refractivity contribution >= 4 is 50.3 Å². The number of rotatable bonds is 3. The highest BCUT2D eigenvalue weighted by Crippen LogP contribution is 2.27. The minimum atomic E-state index is -0.317. The van der Waals surface area contributed by atoms with E-state index >= 15 is 0 Å². The van der Waals surface area contributed by atoms with Crippen molar-refractivity contribution in [2.24, 2.45) is 0 Å². The quantitative estimate of drug-likeness (QED) is 0.702. The van der Waals surface area contributed by atoms with E-state index in [0.29, 0.717) is 18.2 Å². The summed E-state index contributed by atoms with van der Waals surface area (Å²) in [4.78, 5) is 26.7. The molecule has 2 amide bonds.